The molecule has 1 aliphatic rings. The van der Waals surface area contributed by atoms with Crippen LogP contribution in [0.2, 0.25) is 0 Å². The summed E-state index contributed by atoms with van der Waals surface area (Å²) in [7, 11) is 0. The normalized spacial score (nSPS) is 15.4. The molecule has 2 heterocycles. The van der Waals surface area contributed by atoms with Crippen LogP contribution < -0.4 is 10.2 Å². The Labute approximate surface area is 157 Å². The number of hydrogen-bond acceptors (Lipinski definition) is 5. The van der Waals surface area contributed by atoms with Crippen molar-refractivity contribution in [3.63, 3.8) is 0 Å². The van der Waals surface area contributed by atoms with Crippen LogP contribution in [0, 0.1) is 5.82 Å². The van der Waals surface area contributed by atoms with E-state index in [1.807, 2.05) is 6.07 Å². The van der Waals surface area contributed by atoms with Crippen molar-refractivity contribution in [3.8, 4) is 0 Å². The molecule has 8 heteroatoms. The number of anilines is 1. The summed E-state index contributed by atoms with van der Waals surface area (Å²) in [5.74, 6) is 1.57. The number of piperazine rings is 1. The SMILES string of the molecule is CCNC(=NCc1cccc(F)c1)N1CCN(c2nc(CC)ns2)CC1. The van der Waals surface area contributed by atoms with Crippen LogP contribution in [0.5, 0.6) is 0 Å². The highest BCUT2D eigenvalue weighted by atomic mass is 32.1. The predicted octanol–water partition coefficient (Wildman–Crippen LogP) is 2.53. The molecule has 1 aromatic carbocycles. The van der Waals surface area contributed by atoms with Crippen molar-refractivity contribution in [2.45, 2.75) is 26.8 Å². The van der Waals surface area contributed by atoms with E-state index >= 15 is 0 Å². The second-order valence-electron chi connectivity index (χ2n) is 6.12. The van der Waals surface area contributed by atoms with Gasteiger partial charge in [-0.3, -0.25) is 0 Å². The van der Waals surface area contributed by atoms with Gasteiger partial charge >= 0.3 is 0 Å². The zero-order valence-corrected chi connectivity index (χ0v) is 16.1. The lowest BCUT2D eigenvalue weighted by Crippen LogP contribution is -2.52. The van der Waals surface area contributed by atoms with Crippen LogP contribution in [0.4, 0.5) is 9.52 Å². The average molecular weight is 377 g/mol. The molecule has 0 spiro atoms. The van der Waals surface area contributed by atoms with E-state index < -0.39 is 0 Å². The van der Waals surface area contributed by atoms with Crippen LogP contribution in [-0.2, 0) is 13.0 Å². The molecule has 140 valence electrons. The minimum Gasteiger partial charge on any atom is -0.357 e. The molecule has 1 saturated heterocycles. The third-order valence-electron chi connectivity index (χ3n) is 4.26. The first-order chi connectivity index (χ1) is 12.7. The molecule has 2 aromatic rings. The molecule has 0 unspecified atom stereocenters. The summed E-state index contributed by atoms with van der Waals surface area (Å²) in [5, 5.41) is 4.35. The van der Waals surface area contributed by atoms with Gasteiger partial charge in [0.2, 0.25) is 5.13 Å². The molecular formula is C18H25FN6S. The first-order valence-corrected chi connectivity index (χ1v) is 9.82. The zero-order valence-electron chi connectivity index (χ0n) is 15.3. The molecule has 3 rings (SSSR count). The number of aliphatic imine (C=N–C) groups is 1. The summed E-state index contributed by atoms with van der Waals surface area (Å²) in [6.07, 6.45) is 0.869. The van der Waals surface area contributed by atoms with Crippen LogP contribution in [0.3, 0.4) is 0 Å². The quantitative estimate of drug-likeness (QED) is 0.642. The molecule has 0 radical (unpaired) electrons. The Bertz CT molecular complexity index is 739. The number of aromatic nitrogens is 2. The predicted molar refractivity (Wildman–Crippen MR) is 104 cm³/mol. The summed E-state index contributed by atoms with van der Waals surface area (Å²) in [5.41, 5.74) is 0.875. The van der Waals surface area contributed by atoms with Gasteiger partial charge in [-0.1, -0.05) is 19.1 Å². The Kier molecular flexibility index (Phi) is 6.38. The Morgan fingerprint density at radius 1 is 1.27 bits per heavy atom. The van der Waals surface area contributed by atoms with Gasteiger partial charge in [0.05, 0.1) is 6.54 Å². The third-order valence-corrected chi connectivity index (χ3v) is 5.07. The highest BCUT2D eigenvalue weighted by Crippen LogP contribution is 2.19. The Morgan fingerprint density at radius 2 is 2.08 bits per heavy atom. The van der Waals surface area contributed by atoms with E-state index in [9.17, 15) is 4.39 Å². The number of halogens is 1. The first kappa shape index (κ1) is 18.6. The highest BCUT2D eigenvalue weighted by Gasteiger charge is 2.22. The number of aryl methyl sites for hydroxylation is 1. The molecule has 1 aliphatic heterocycles. The molecule has 0 aliphatic carbocycles. The molecule has 0 amide bonds. The van der Waals surface area contributed by atoms with Gasteiger partial charge in [-0.25, -0.2) is 14.4 Å². The standard InChI is InChI=1S/C18H25FN6S/c1-3-16-22-18(26-23-16)25-10-8-24(9-11-25)17(20-4-2)21-13-14-6-5-7-15(19)12-14/h5-7,12H,3-4,8-11,13H2,1-2H3,(H,20,21). The number of rotatable bonds is 5. The summed E-state index contributed by atoms with van der Waals surface area (Å²) in [6, 6.07) is 6.61. The van der Waals surface area contributed by atoms with Crippen molar-refractivity contribution in [3.05, 3.63) is 41.5 Å². The molecule has 1 fully saturated rings. The number of benzene rings is 1. The fraction of sp³-hybridized carbons (Fsp3) is 0.500. The van der Waals surface area contributed by atoms with Crippen LogP contribution in [-0.4, -0.2) is 52.9 Å². The third kappa shape index (κ3) is 4.69. The largest absolute Gasteiger partial charge is 0.357 e. The molecule has 6 nitrogen and oxygen atoms in total. The molecule has 26 heavy (non-hydrogen) atoms. The van der Waals surface area contributed by atoms with Gasteiger partial charge < -0.3 is 15.1 Å². The van der Waals surface area contributed by atoms with E-state index in [0.29, 0.717) is 6.54 Å². The second kappa shape index (κ2) is 8.93. The van der Waals surface area contributed by atoms with Crippen LogP contribution in [0.15, 0.2) is 29.3 Å². The van der Waals surface area contributed by atoms with Gasteiger partial charge in [-0.2, -0.15) is 4.37 Å². The topological polar surface area (TPSA) is 56.7 Å². The summed E-state index contributed by atoms with van der Waals surface area (Å²) < 4.78 is 17.7. The lowest BCUT2D eigenvalue weighted by molar-refractivity contribution is 0.372. The molecule has 0 saturated carbocycles. The summed E-state index contributed by atoms with van der Waals surface area (Å²) in [4.78, 5) is 13.8. The van der Waals surface area contributed by atoms with Gasteiger partial charge in [0, 0.05) is 50.7 Å². The zero-order chi connectivity index (χ0) is 18.4. The first-order valence-electron chi connectivity index (χ1n) is 9.04. The lowest BCUT2D eigenvalue weighted by atomic mass is 10.2. The van der Waals surface area contributed by atoms with Crippen molar-refractivity contribution in [2.24, 2.45) is 4.99 Å². The van der Waals surface area contributed by atoms with Crippen molar-refractivity contribution < 1.29 is 4.39 Å². The highest BCUT2D eigenvalue weighted by molar-refractivity contribution is 7.09. The van der Waals surface area contributed by atoms with Crippen molar-refractivity contribution in [2.75, 3.05) is 37.6 Å². The molecule has 1 aromatic heterocycles. The van der Waals surface area contributed by atoms with Crippen LogP contribution >= 0.6 is 11.5 Å². The van der Waals surface area contributed by atoms with Gasteiger partial charge in [-0.05, 0) is 24.6 Å². The van der Waals surface area contributed by atoms with Crippen LogP contribution in [0.1, 0.15) is 25.2 Å². The van der Waals surface area contributed by atoms with Gasteiger partial charge in [0.25, 0.3) is 0 Å². The van der Waals surface area contributed by atoms with Crippen molar-refractivity contribution >= 4 is 22.6 Å². The molecular weight excluding hydrogens is 351 g/mol. The smallest absolute Gasteiger partial charge is 0.205 e. The van der Waals surface area contributed by atoms with E-state index in [0.717, 1.165) is 61.6 Å². The minimum atomic E-state index is -0.222. The van der Waals surface area contributed by atoms with Gasteiger partial charge in [0.15, 0.2) is 5.96 Å². The fourth-order valence-corrected chi connectivity index (χ4v) is 3.65. The van der Waals surface area contributed by atoms with E-state index in [1.165, 1.54) is 23.7 Å². The van der Waals surface area contributed by atoms with Crippen molar-refractivity contribution in [1.29, 1.82) is 0 Å². The van der Waals surface area contributed by atoms with Gasteiger partial charge in [0.1, 0.15) is 11.6 Å². The Hall–Kier alpha value is -2.22. The van der Waals surface area contributed by atoms with Crippen LogP contribution in [0.25, 0.3) is 0 Å². The van der Waals surface area contributed by atoms with E-state index in [4.69, 9.17) is 0 Å². The van der Waals surface area contributed by atoms with E-state index in [1.54, 1.807) is 6.07 Å². The van der Waals surface area contributed by atoms with Gasteiger partial charge in [-0.15, -0.1) is 0 Å². The monoisotopic (exact) mass is 376 g/mol. The maximum Gasteiger partial charge on any atom is 0.205 e. The average Bonchev–Trinajstić information content (AvgIpc) is 3.15. The summed E-state index contributed by atoms with van der Waals surface area (Å²) in [6.45, 7) is 8.93. The van der Waals surface area contributed by atoms with E-state index in [-0.39, 0.29) is 5.82 Å². The summed E-state index contributed by atoms with van der Waals surface area (Å²) >= 11 is 1.47. The van der Waals surface area contributed by atoms with Crippen molar-refractivity contribution in [1.82, 2.24) is 19.6 Å². The lowest BCUT2D eigenvalue weighted by Gasteiger charge is -2.36. The molecule has 0 atom stereocenters. The maximum atomic E-state index is 13.3. The Balaban J connectivity index is 1.61. The molecule has 0 bridgehead atoms. The molecule has 1 N–H and O–H groups in total. The number of nitrogens with zero attached hydrogens (tertiary/aromatic N) is 5. The second-order valence-corrected chi connectivity index (χ2v) is 6.85. The van der Waals surface area contributed by atoms with E-state index in [2.05, 4.69) is 43.3 Å². The number of nitrogens with one attached hydrogen (secondary N) is 1. The fourth-order valence-electron chi connectivity index (χ4n) is 2.85. The Morgan fingerprint density at radius 3 is 2.73 bits per heavy atom. The number of guanidine groups is 1. The number of hydrogen-bond donors (Lipinski definition) is 1. The minimum absolute atomic E-state index is 0.222. The maximum absolute atomic E-state index is 13.3.